The molecular formula is C24H27NO7. The van der Waals surface area contributed by atoms with Gasteiger partial charge in [0.05, 0.1) is 45.2 Å². The first-order chi connectivity index (χ1) is 15.5. The number of methoxy groups -OCH3 is 1. The Bertz CT molecular complexity index is 967. The van der Waals surface area contributed by atoms with E-state index < -0.39 is 17.7 Å². The molecule has 0 bridgehead atoms. The highest BCUT2D eigenvalue weighted by Crippen LogP contribution is 2.39. The molecule has 1 aliphatic rings. The number of hydrogen-bond acceptors (Lipinski definition) is 7. The van der Waals surface area contributed by atoms with Crippen molar-refractivity contribution in [1.29, 1.82) is 0 Å². The van der Waals surface area contributed by atoms with Crippen LogP contribution in [0.3, 0.4) is 0 Å². The van der Waals surface area contributed by atoms with Crippen LogP contribution < -0.4 is 9.47 Å². The lowest BCUT2D eigenvalue weighted by Crippen LogP contribution is -2.33. The van der Waals surface area contributed by atoms with Crippen LogP contribution in [0.5, 0.6) is 11.5 Å². The van der Waals surface area contributed by atoms with E-state index in [2.05, 4.69) is 0 Å². The van der Waals surface area contributed by atoms with Crippen molar-refractivity contribution in [2.45, 2.75) is 13.0 Å². The SMILES string of the molecule is CCOc1ccc(/C(O)=C2\C(=O)C(=O)N(CCOCCO)C2c2ccc(OC)cc2)cc1. The number of ketones is 1. The van der Waals surface area contributed by atoms with Crippen LogP contribution in [-0.2, 0) is 14.3 Å². The lowest BCUT2D eigenvalue weighted by Gasteiger charge is -2.25. The Balaban J connectivity index is 2.02. The molecule has 0 aliphatic carbocycles. The van der Waals surface area contributed by atoms with Gasteiger partial charge in [-0.1, -0.05) is 12.1 Å². The van der Waals surface area contributed by atoms with Crippen molar-refractivity contribution in [3.63, 3.8) is 0 Å². The lowest BCUT2D eigenvalue weighted by molar-refractivity contribution is -0.140. The molecule has 0 aromatic heterocycles. The maximum Gasteiger partial charge on any atom is 0.295 e. The number of Topliss-reactive ketones (excluding diaryl/α,β-unsaturated/α-hetero) is 1. The van der Waals surface area contributed by atoms with Gasteiger partial charge in [0.15, 0.2) is 0 Å². The Morgan fingerprint density at radius 3 is 2.25 bits per heavy atom. The van der Waals surface area contributed by atoms with Gasteiger partial charge in [-0.2, -0.15) is 0 Å². The Hall–Kier alpha value is -3.36. The molecule has 1 unspecified atom stereocenters. The van der Waals surface area contributed by atoms with Crippen molar-refractivity contribution in [2.24, 2.45) is 0 Å². The second-order valence-electron chi connectivity index (χ2n) is 7.06. The normalized spacial score (nSPS) is 17.6. The summed E-state index contributed by atoms with van der Waals surface area (Å²) in [6.45, 7) is 2.63. The monoisotopic (exact) mass is 441 g/mol. The van der Waals surface area contributed by atoms with Gasteiger partial charge in [-0.25, -0.2) is 0 Å². The summed E-state index contributed by atoms with van der Waals surface area (Å²) in [5, 5.41) is 19.9. The summed E-state index contributed by atoms with van der Waals surface area (Å²) in [4.78, 5) is 27.2. The standard InChI is InChI=1S/C24H27NO7/c1-3-32-19-10-6-17(7-11-19)22(27)20-21(16-4-8-18(30-2)9-5-16)25(24(29)23(20)28)12-14-31-15-13-26/h4-11,21,26-27H,3,12-15H2,1-2H3/b22-20+. The third-order valence-electron chi connectivity index (χ3n) is 5.12. The third-order valence-corrected chi connectivity index (χ3v) is 5.12. The van der Waals surface area contributed by atoms with E-state index in [0.717, 1.165) is 0 Å². The number of likely N-dealkylation sites (tertiary alicyclic amines) is 1. The van der Waals surface area contributed by atoms with Gasteiger partial charge in [-0.15, -0.1) is 0 Å². The van der Waals surface area contributed by atoms with Crippen LogP contribution in [0, 0.1) is 0 Å². The summed E-state index contributed by atoms with van der Waals surface area (Å²) in [5.41, 5.74) is 1.06. The van der Waals surface area contributed by atoms with Crippen LogP contribution in [0.4, 0.5) is 0 Å². The average molecular weight is 441 g/mol. The van der Waals surface area contributed by atoms with E-state index in [1.54, 1.807) is 55.6 Å². The molecule has 0 radical (unpaired) electrons. The quantitative estimate of drug-likeness (QED) is 0.253. The van der Waals surface area contributed by atoms with E-state index in [1.165, 1.54) is 4.90 Å². The van der Waals surface area contributed by atoms with Gasteiger partial charge in [0.1, 0.15) is 17.3 Å². The van der Waals surface area contributed by atoms with Gasteiger partial charge in [0.25, 0.3) is 11.7 Å². The zero-order valence-electron chi connectivity index (χ0n) is 18.1. The Morgan fingerprint density at radius 2 is 1.66 bits per heavy atom. The Labute approximate surface area is 186 Å². The van der Waals surface area contributed by atoms with Gasteiger partial charge in [-0.05, 0) is 48.9 Å². The summed E-state index contributed by atoms with van der Waals surface area (Å²) in [6, 6.07) is 12.9. The van der Waals surface area contributed by atoms with Gasteiger partial charge < -0.3 is 29.3 Å². The minimum absolute atomic E-state index is 0.00600. The van der Waals surface area contributed by atoms with Crippen molar-refractivity contribution in [2.75, 3.05) is 40.1 Å². The number of nitrogens with zero attached hydrogens (tertiary/aromatic N) is 1. The second kappa shape index (κ2) is 10.8. The maximum absolute atomic E-state index is 13.0. The van der Waals surface area contributed by atoms with E-state index in [0.29, 0.717) is 29.2 Å². The van der Waals surface area contributed by atoms with E-state index >= 15 is 0 Å². The van der Waals surface area contributed by atoms with Crippen molar-refractivity contribution in [1.82, 2.24) is 4.90 Å². The van der Waals surface area contributed by atoms with E-state index in [4.69, 9.17) is 19.3 Å². The minimum atomic E-state index is -0.787. The Kier molecular flexibility index (Phi) is 7.86. The van der Waals surface area contributed by atoms with Crippen LogP contribution in [0.15, 0.2) is 54.1 Å². The van der Waals surface area contributed by atoms with E-state index in [-0.39, 0.29) is 37.7 Å². The number of benzene rings is 2. The molecule has 32 heavy (non-hydrogen) atoms. The topological polar surface area (TPSA) is 106 Å². The van der Waals surface area contributed by atoms with Gasteiger partial charge in [-0.3, -0.25) is 9.59 Å². The number of rotatable bonds is 10. The summed E-state index contributed by atoms with van der Waals surface area (Å²) < 4.78 is 15.9. The van der Waals surface area contributed by atoms with Crippen LogP contribution >= 0.6 is 0 Å². The summed E-state index contributed by atoms with van der Waals surface area (Å²) in [7, 11) is 1.55. The van der Waals surface area contributed by atoms with Gasteiger partial charge in [0, 0.05) is 12.1 Å². The lowest BCUT2D eigenvalue weighted by atomic mass is 9.95. The maximum atomic E-state index is 13.0. The average Bonchev–Trinajstić information content (AvgIpc) is 3.07. The van der Waals surface area contributed by atoms with Gasteiger partial charge in [0.2, 0.25) is 0 Å². The van der Waals surface area contributed by atoms with Crippen molar-refractivity contribution < 1.29 is 34.0 Å². The number of hydrogen-bond donors (Lipinski definition) is 2. The molecule has 170 valence electrons. The fourth-order valence-electron chi connectivity index (χ4n) is 3.60. The highest BCUT2D eigenvalue weighted by Gasteiger charge is 2.45. The molecule has 1 heterocycles. The molecular weight excluding hydrogens is 414 g/mol. The molecule has 0 spiro atoms. The van der Waals surface area contributed by atoms with Crippen molar-refractivity contribution >= 4 is 17.4 Å². The molecule has 8 nitrogen and oxygen atoms in total. The third kappa shape index (κ3) is 4.92. The molecule has 8 heteroatoms. The number of aliphatic hydroxyl groups excluding tert-OH is 2. The van der Waals surface area contributed by atoms with Crippen LogP contribution in [0.2, 0.25) is 0 Å². The molecule has 2 aromatic rings. The molecule has 1 saturated heterocycles. The first-order valence-electron chi connectivity index (χ1n) is 10.4. The fraction of sp³-hybridized carbons (Fsp3) is 0.333. The number of carbonyl (C=O) groups excluding carboxylic acids is 2. The summed E-state index contributed by atoms with van der Waals surface area (Å²) in [5.74, 6) is -0.475. The van der Waals surface area contributed by atoms with Crippen molar-refractivity contribution in [3.8, 4) is 11.5 Å². The predicted molar refractivity (Wildman–Crippen MR) is 118 cm³/mol. The molecule has 3 rings (SSSR count). The molecule has 1 atom stereocenters. The molecule has 0 saturated carbocycles. The highest BCUT2D eigenvalue weighted by atomic mass is 16.5. The zero-order valence-corrected chi connectivity index (χ0v) is 18.1. The molecule has 1 aliphatic heterocycles. The molecule has 2 N–H and O–H groups in total. The van der Waals surface area contributed by atoms with Crippen LogP contribution in [-0.4, -0.2) is 66.9 Å². The van der Waals surface area contributed by atoms with Crippen LogP contribution in [0.1, 0.15) is 24.1 Å². The minimum Gasteiger partial charge on any atom is -0.507 e. The van der Waals surface area contributed by atoms with E-state index in [9.17, 15) is 14.7 Å². The molecule has 1 amide bonds. The largest absolute Gasteiger partial charge is 0.507 e. The molecule has 2 aromatic carbocycles. The number of carbonyl (C=O) groups is 2. The van der Waals surface area contributed by atoms with Crippen LogP contribution in [0.25, 0.3) is 5.76 Å². The Morgan fingerprint density at radius 1 is 1.00 bits per heavy atom. The smallest absolute Gasteiger partial charge is 0.295 e. The van der Waals surface area contributed by atoms with Crippen molar-refractivity contribution in [3.05, 3.63) is 65.2 Å². The van der Waals surface area contributed by atoms with E-state index in [1.807, 2.05) is 6.92 Å². The molecule has 1 fully saturated rings. The predicted octanol–water partition coefficient (Wildman–Crippen LogP) is 2.52. The summed E-state index contributed by atoms with van der Waals surface area (Å²) >= 11 is 0. The first kappa shape index (κ1) is 23.3. The van der Waals surface area contributed by atoms with Gasteiger partial charge >= 0.3 is 0 Å². The highest BCUT2D eigenvalue weighted by molar-refractivity contribution is 6.46. The first-order valence-corrected chi connectivity index (χ1v) is 10.4. The number of ether oxygens (including phenoxy) is 3. The summed E-state index contributed by atoms with van der Waals surface area (Å²) in [6.07, 6.45) is 0. The second-order valence-corrected chi connectivity index (χ2v) is 7.06. The number of aliphatic hydroxyl groups is 2. The number of amides is 1. The fourth-order valence-corrected chi connectivity index (χ4v) is 3.60. The zero-order chi connectivity index (χ0) is 23.1.